The third-order valence-electron chi connectivity index (χ3n) is 3.66. The zero-order valence-electron chi connectivity index (χ0n) is 13.9. The summed E-state index contributed by atoms with van der Waals surface area (Å²) in [6.07, 6.45) is -0.336. The molecule has 2 aromatic rings. The molecule has 0 saturated heterocycles. The zero-order valence-corrected chi connectivity index (χ0v) is 13.9. The van der Waals surface area contributed by atoms with Crippen LogP contribution in [-0.4, -0.2) is 34.0 Å². The number of aromatic nitrogens is 2. The standard InChI is InChI=1S/C17H23FN4O2/c1-12-10-13(2)22(21-12)9-5-8-19-17(24)20-11-16(23)14-6-3-4-7-15(14)18/h3-4,6-7,10,16,23H,5,8-9,11H2,1-2H3,(H2,19,20,24). The van der Waals surface area contributed by atoms with Crippen molar-refractivity contribution in [2.24, 2.45) is 0 Å². The molecular weight excluding hydrogens is 311 g/mol. The molecule has 7 heteroatoms. The van der Waals surface area contributed by atoms with Crippen LogP contribution in [0.1, 0.15) is 29.5 Å². The van der Waals surface area contributed by atoms with E-state index in [4.69, 9.17) is 0 Å². The van der Waals surface area contributed by atoms with Crippen LogP contribution >= 0.6 is 0 Å². The minimum atomic E-state index is -1.08. The quantitative estimate of drug-likeness (QED) is 0.678. The van der Waals surface area contributed by atoms with Crippen LogP contribution in [0, 0.1) is 19.7 Å². The number of carbonyl (C=O) groups excluding carboxylic acids is 1. The molecule has 0 radical (unpaired) electrons. The van der Waals surface area contributed by atoms with Crippen molar-refractivity contribution >= 4 is 6.03 Å². The van der Waals surface area contributed by atoms with Crippen LogP contribution in [0.25, 0.3) is 0 Å². The van der Waals surface area contributed by atoms with Gasteiger partial charge in [0.1, 0.15) is 5.82 Å². The van der Waals surface area contributed by atoms with E-state index in [2.05, 4.69) is 15.7 Å². The summed E-state index contributed by atoms with van der Waals surface area (Å²) in [4.78, 5) is 11.7. The topological polar surface area (TPSA) is 79.2 Å². The molecule has 2 rings (SSSR count). The number of hydrogen-bond acceptors (Lipinski definition) is 3. The van der Waals surface area contributed by atoms with Crippen molar-refractivity contribution < 1.29 is 14.3 Å². The van der Waals surface area contributed by atoms with Gasteiger partial charge >= 0.3 is 6.03 Å². The van der Waals surface area contributed by atoms with E-state index in [0.717, 1.165) is 24.4 Å². The van der Waals surface area contributed by atoms with Gasteiger partial charge in [-0.25, -0.2) is 9.18 Å². The maximum atomic E-state index is 13.5. The summed E-state index contributed by atoms with van der Waals surface area (Å²) in [5.74, 6) is -0.489. The van der Waals surface area contributed by atoms with E-state index < -0.39 is 18.0 Å². The fraction of sp³-hybridized carbons (Fsp3) is 0.412. The van der Waals surface area contributed by atoms with Gasteiger partial charge in [-0.3, -0.25) is 4.68 Å². The first-order valence-electron chi connectivity index (χ1n) is 7.92. The van der Waals surface area contributed by atoms with E-state index >= 15 is 0 Å². The molecule has 1 aromatic carbocycles. The number of aliphatic hydroxyl groups excluding tert-OH is 1. The summed E-state index contributed by atoms with van der Waals surface area (Å²) in [7, 11) is 0. The maximum absolute atomic E-state index is 13.5. The lowest BCUT2D eigenvalue weighted by Gasteiger charge is -2.13. The third-order valence-corrected chi connectivity index (χ3v) is 3.66. The van der Waals surface area contributed by atoms with Crippen LogP contribution in [0.5, 0.6) is 0 Å². The summed E-state index contributed by atoms with van der Waals surface area (Å²) in [5, 5.41) is 19.5. The second-order valence-electron chi connectivity index (χ2n) is 5.68. The number of carbonyl (C=O) groups is 1. The monoisotopic (exact) mass is 334 g/mol. The summed E-state index contributed by atoms with van der Waals surface area (Å²) in [6.45, 7) is 5.09. The first-order valence-corrected chi connectivity index (χ1v) is 7.92. The second-order valence-corrected chi connectivity index (χ2v) is 5.68. The number of amides is 2. The highest BCUT2D eigenvalue weighted by Gasteiger charge is 2.13. The van der Waals surface area contributed by atoms with E-state index in [0.29, 0.717) is 6.54 Å². The minimum Gasteiger partial charge on any atom is -0.386 e. The largest absolute Gasteiger partial charge is 0.386 e. The maximum Gasteiger partial charge on any atom is 0.314 e. The molecule has 1 atom stereocenters. The molecule has 0 fully saturated rings. The normalized spacial score (nSPS) is 12.0. The highest BCUT2D eigenvalue weighted by Crippen LogP contribution is 2.15. The van der Waals surface area contributed by atoms with Gasteiger partial charge < -0.3 is 15.7 Å². The van der Waals surface area contributed by atoms with Gasteiger partial charge in [-0.05, 0) is 32.4 Å². The van der Waals surface area contributed by atoms with E-state index in [9.17, 15) is 14.3 Å². The van der Waals surface area contributed by atoms with Crippen LogP contribution in [0.3, 0.4) is 0 Å². The van der Waals surface area contributed by atoms with Gasteiger partial charge in [0.15, 0.2) is 0 Å². The first kappa shape index (κ1) is 17.9. The van der Waals surface area contributed by atoms with E-state index in [1.165, 1.54) is 12.1 Å². The lowest BCUT2D eigenvalue weighted by Crippen LogP contribution is -2.38. The number of aryl methyl sites for hydroxylation is 3. The average molecular weight is 334 g/mol. The molecule has 2 amide bonds. The van der Waals surface area contributed by atoms with Gasteiger partial charge in [0.25, 0.3) is 0 Å². The minimum absolute atomic E-state index is 0.0514. The van der Waals surface area contributed by atoms with Crippen LogP contribution in [0.15, 0.2) is 30.3 Å². The number of nitrogens with one attached hydrogen (secondary N) is 2. The molecule has 0 aliphatic carbocycles. The van der Waals surface area contributed by atoms with Gasteiger partial charge in [0.2, 0.25) is 0 Å². The van der Waals surface area contributed by atoms with Crippen molar-refractivity contribution in [3.8, 4) is 0 Å². The number of aliphatic hydroxyl groups is 1. The predicted octanol–water partition coefficient (Wildman–Crippen LogP) is 2.06. The molecule has 1 aromatic heterocycles. The molecule has 0 aliphatic heterocycles. The summed E-state index contributed by atoms with van der Waals surface area (Å²) < 4.78 is 15.4. The molecule has 0 saturated carbocycles. The Morgan fingerprint density at radius 1 is 1.33 bits per heavy atom. The Balaban J connectivity index is 1.66. The fourth-order valence-corrected chi connectivity index (χ4v) is 2.44. The predicted molar refractivity (Wildman–Crippen MR) is 89.1 cm³/mol. The smallest absolute Gasteiger partial charge is 0.314 e. The second kappa shape index (κ2) is 8.44. The molecule has 3 N–H and O–H groups in total. The zero-order chi connectivity index (χ0) is 17.5. The van der Waals surface area contributed by atoms with E-state index in [1.807, 2.05) is 24.6 Å². The van der Waals surface area contributed by atoms with Crippen LogP contribution in [0.2, 0.25) is 0 Å². The highest BCUT2D eigenvalue weighted by atomic mass is 19.1. The lowest BCUT2D eigenvalue weighted by molar-refractivity contribution is 0.169. The first-order chi connectivity index (χ1) is 11.5. The molecule has 24 heavy (non-hydrogen) atoms. The molecule has 0 bridgehead atoms. The van der Waals surface area contributed by atoms with Crippen molar-refractivity contribution in [3.63, 3.8) is 0 Å². The van der Waals surface area contributed by atoms with Crippen LogP contribution in [0.4, 0.5) is 9.18 Å². The fourth-order valence-electron chi connectivity index (χ4n) is 2.44. The summed E-state index contributed by atoms with van der Waals surface area (Å²) >= 11 is 0. The van der Waals surface area contributed by atoms with Gasteiger partial charge in [0.05, 0.1) is 11.8 Å². The Hall–Kier alpha value is -2.41. The van der Waals surface area contributed by atoms with Crippen molar-refractivity contribution in [1.82, 2.24) is 20.4 Å². The average Bonchev–Trinajstić information content (AvgIpc) is 2.87. The third kappa shape index (κ3) is 5.06. The summed E-state index contributed by atoms with van der Waals surface area (Å²) in [5.41, 5.74) is 2.23. The van der Waals surface area contributed by atoms with Gasteiger partial charge in [-0.15, -0.1) is 0 Å². The Morgan fingerprint density at radius 2 is 2.08 bits per heavy atom. The van der Waals surface area contributed by atoms with Gasteiger partial charge in [0, 0.05) is 30.9 Å². The molecule has 6 nitrogen and oxygen atoms in total. The van der Waals surface area contributed by atoms with Crippen molar-refractivity contribution in [2.45, 2.75) is 32.9 Å². The van der Waals surface area contributed by atoms with Crippen molar-refractivity contribution in [3.05, 3.63) is 53.1 Å². The Morgan fingerprint density at radius 3 is 2.75 bits per heavy atom. The Labute approximate surface area is 140 Å². The highest BCUT2D eigenvalue weighted by molar-refractivity contribution is 5.73. The van der Waals surface area contributed by atoms with E-state index in [-0.39, 0.29) is 12.1 Å². The van der Waals surface area contributed by atoms with Crippen LogP contribution < -0.4 is 10.6 Å². The van der Waals surface area contributed by atoms with Gasteiger partial charge in [-0.1, -0.05) is 18.2 Å². The molecule has 0 aliphatic rings. The molecule has 0 spiro atoms. The van der Waals surface area contributed by atoms with Crippen molar-refractivity contribution in [2.75, 3.05) is 13.1 Å². The number of rotatable bonds is 7. The Bertz CT molecular complexity index is 687. The van der Waals surface area contributed by atoms with Crippen molar-refractivity contribution in [1.29, 1.82) is 0 Å². The number of nitrogens with zero attached hydrogens (tertiary/aromatic N) is 2. The van der Waals surface area contributed by atoms with Crippen LogP contribution in [-0.2, 0) is 6.54 Å². The number of hydrogen-bond donors (Lipinski definition) is 3. The molecule has 130 valence electrons. The molecular formula is C17H23FN4O2. The SMILES string of the molecule is Cc1cc(C)n(CCCNC(=O)NCC(O)c2ccccc2F)n1. The summed E-state index contributed by atoms with van der Waals surface area (Å²) in [6, 6.07) is 7.57. The lowest BCUT2D eigenvalue weighted by atomic mass is 10.1. The van der Waals surface area contributed by atoms with Gasteiger partial charge in [-0.2, -0.15) is 5.10 Å². The molecule has 1 heterocycles. The van der Waals surface area contributed by atoms with E-state index in [1.54, 1.807) is 12.1 Å². The number of halogens is 1. The molecule has 1 unspecified atom stereocenters. The Kier molecular flexibility index (Phi) is 6.31. The number of urea groups is 1. The number of benzene rings is 1.